The summed E-state index contributed by atoms with van der Waals surface area (Å²) in [7, 11) is 4.66. The highest BCUT2D eigenvalue weighted by atomic mass is 16.5. The Kier molecular flexibility index (Phi) is 4.04. The minimum atomic E-state index is -0.666. The standard InChI is InChI=1S/C14H20N2O4/c1-18-10-6-9(7-11(19-2)12(10)20-3)8-16-13(17)14(15)4-5-14/h6-7H,4-5,8,15H2,1-3H3,(H,16,17). The lowest BCUT2D eigenvalue weighted by Gasteiger charge is -2.15. The van der Waals surface area contributed by atoms with Gasteiger partial charge in [-0.05, 0) is 30.5 Å². The van der Waals surface area contributed by atoms with Crippen LogP contribution in [0, 0.1) is 0 Å². The molecule has 1 aromatic rings. The Bertz CT molecular complexity index is 487. The SMILES string of the molecule is COc1cc(CNC(=O)C2(N)CC2)cc(OC)c1OC. The molecule has 0 heterocycles. The molecule has 1 aliphatic carbocycles. The van der Waals surface area contributed by atoms with Crippen LogP contribution < -0.4 is 25.3 Å². The first kappa shape index (κ1) is 14.5. The van der Waals surface area contributed by atoms with E-state index < -0.39 is 5.54 Å². The number of benzene rings is 1. The lowest BCUT2D eigenvalue weighted by Crippen LogP contribution is -2.42. The fraction of sp³-hybridized carbons (Fsp3) is 0.500. The van der Waals surface area contributed by atoms with Gasteiger partial charge < -0.3 is 25.3 Å². The quantitative estimate of drug-likeness (QED) is 0.806. The fourth-order valence-corrected chi connectivity index (χ4v) is 1.96. The number of hydrogen-bond donors (Lipinski definition) is 2. The molecule has 6 heteroatoms. The number of hydrogen-bond acceptors (Lipinski definition) is 5. The van der Waals surface area contributed by atoms with Crippen LogP contribution in [0.3, 0.4) is 0 Å². The van der Waals surface area contributed by atoms with Crippen molar-refractivity contribution in [1.29, 1.82) is 0 Å². The van der Waals surface area contributed by atoms with Crippen LogP contribution in [-0.4, -0.2) is 32.8 Å². The van der Waals surface area contributed by atoms with Crippen LogP contribution in [-0.2, 0) is 11.3 Å². The van der Waals surface area contributed by atoms with Crippen LogP contribution in [0.1, 0.15) is 18.4 Å². The summed E-state index contributed by atoms with van der Waals surface area (Å²) in [5.41, 5.74) is 6.02. The Morgan fingerprint density at radius 3 is 2.15 bits per heavy atom. The van der Waals surface area contributed by atoms with Crippen molar-refractivity contribution in [3.63, 3.8) is 0 Å². The van der Waals surface area contributed by atoms with Gasteiger partial charge in [-0.2, -0.15) is 0 Å². The normalized spacial score (nSPS) is 15.4. The molecule has 1 fully saturated rings. The molecule has 1 saturated carbocycles. The molecule has 0 atom stereocenters. The molecule has 0 saturated heterocycles. The van der Waals surface area contributed by atoms with E-state index >= 15 is 0 Å². The maximum atomic E-state index is 11.8. The molecule has 0 spiro atoms. The molecule has 0 aliphatic heterocycles. The third-order valence-corrected chi connectivity index (χ3v) is 3.42. The molecule has 0 radical (unpaired) electrons. The van der Waals surface area contributed by atoms with Crippen molar-refractivity contribution < 1.29 is 19.0 Å². The molecule has 1 aromatic carbocycles. The summed E-state index contributed by atoms with van der Waals surface area (Å²) in [5.74, 6) is 1.53. The first-order valence-corrected chi connectivity index (χ1v) is 6.40. The largest absolute Gasteiger partial charge is 0.493 e. The van der Waals surface area contributed by atoms with Crippen LogP contribution in [0.15, 0.2) is 12.1 Å². The molecule has 1 aliphatic rings. The zero-order valence-electron chi connectivity index (χ0n) is 12.0. The van der Waals surface area contributed by atoms with Gasteiger partial charge in [-0.25, -0.2) is 0 Å². The number of nitrogens with two attached hydrogens (primary N) is 1. The second-order valence-corrected chi connectivity index (χ2v) is 4.87. The van der Waals surface area contributed by atoms with Gasteiger partial charge in [0.25, 0.3) is 0 Å². The molecular formula is C14H20N2O4. The third kappa shape index (κ3) is 2.80. The van der Waals surface area contributed by atoms with Gasteiger partial charge in [0, 0.05) is 6.54 Å². The average molecular weight is 280 g/mol. The predicted octanol–water partition coefficient (Wildman–Crippen LogP) is 0.820. The van der Waals surface area contributed by atoms with Crippen LogP contribution in [0.4, 0.5) is 0 Å². The summed E-state index contributed by atoms with van der Waals surface area (Å²) < 4.78 is 15.8. The lowest BCUT2D eigenvalue weighted by molar-refractivity contribution is -0.123. The van der Waals surface area contributed by atoms with E-state index in [-0.39, 0.29) is 5.91 Å². The van der Waals surface area contributed by atoms with E-state index in [9.17, 15) is 4.79 Å². The zero-order chi connectivity index (χ0) is 14.8. The van der Waals surface area contributed by atoms with Crippen LogP contribution >= 0.6 is 0 Å². The van der Waals surface area contributed by atoms with Crippen molar-refractivity contribution in [2.45, 2.75) is 24.9 Å². The molecule has 3 N–H and O–H groups in total. The Morgan fingerprint density at radius 1 is 1.20 bits per heavy atom. The van der Waals surface area contributed by atoms with E-state index in [1.165, 1.54) is 0 Å². The van der Waals surface area contributed by atoms with Gasteiger partial charge >= 0.3 is 0 Å². The van der Waals surface area contributed by atoms with Crippen molar-refractivity contribution in [3.8, 4) is 17.2 Å². The number of carbonyl (C=O) groups is 1. The van der Waals surface area contributed by atoms with Crippen LogP contribution in [0.5, 0.6) is 17.2 Å². The molecule has 0 unspecified atom stereocenters. The van der Waals surface area contributed by atoms with Crippen molar-refractivity contribution in [2.75, 3.05) is 21.3 Å². The van der Waals surface area contributed by atoms with E-state index in [2.05, 4.69) is 5.32 Å². The van der Waals surface area contributed by atoms with Crippen molar-refractivity contribution in [2.24, 2.45) is 5.73 Å². The number of rotatable bonds is 6. The maximum absolute atomic E-state index is 11.8. The minimum absolute atomic E-state index is 0.119. The minimum Gasteiger partial charge on any atom is -0.493 e. The number of amides is 1. The van der Waals surface area contributed by atoms with Crippen molar-refractivity contribution in [3.05, 3.63) is 17.7 Å². The third-order valence-electron chi connectivity index (χ3n) is 3.42. The summed E-state index contributed by atoms with van der Waals surface area (Å²) >= 11 is 0. The highest BCUT2D eigenvalue weighted by Gasteiger charge is 2.45. The summed E-state index contributed by atoms with van der Waals surface area (Å²) in [6, 6.07) is 3.61. The van der Waals surface area contributed by atoms with Gasteiger partial charge in [-0.3, -0.25) is 4.79 Å². The van der Waals surface area contributed by atoms with Gasteiger partial charge in [0.05, 0.1) is 26.9 Å². The first-order valence-electron chi connectivity index (χ1n) is 6.40. The van der Waals surface area contributed by atoms with E-state index in [0.717, 1.165) is 18.4 Å². The summed E-state index contributed by atoms with van der Waals surface area (Å²) in [6.45, 7) is 0.370. The number of nitrogens with one attached hydrogen (secondary N) is 1. The molecule has 2 rings (SSSR count). The molecule has 1 amide bonds. The Morgan fingerprint density at radius 2 is 1.75 bits per heavy atom. The van der Waals surface area contributed by atoms with E-state index in [1.807, 2.05) is 0 Å². The van der Waals surface area contributed by atoms with Gasteiger partial charge in [0.15, 0.2) is 11.5 Å². The van der Waals surface area contributed by atoms with E-state index in [0.29, 0.717) is 23.8 Å². The van der Waals surface area contributed by atoms with Crippen LogP contribution in [0.25, 0.3) is 0 Å². The van der Waals surface area contributed by atoms with Gasteiger partial charge in [-0.1, -0.05) is 0 Å². The fourth-order valence-electron chi connectivity index (χ4n) is 1.96. The molecule has 0 aromatic heterocycles. The first-order chi connectivity index (χ1) is 9.54. The van der Waals surface area contributed by atoms with Crippen LogP contribution in [0.2, 0.25) is 0 Å². The van der Waals surface area contributed by atoms with Gasteiger partial charge in [0.1, 0.15) is 0 Å². The van der Waals surface area contributed by atoms with E-state index in [4.69, 9.17) is 19.9 Å². The summed E-state index contributed by atoms with van der Waals surface area (Å²) in [6.07, 6.45) is 1.49. The second-order valence-electron chi connectivity index (χ2n) is 4.87. The smallest absolute Gasteiger partial charge is 0.240 e. The topological polar surface area (TPSA) is 82.8 Å². The molecular weight excluding hydrogens is 260 g/mol. The average Bonchev–Trinajstić information content (AvgIpc) is 3.22. The molecule has 20 heavy (non-hydrogen) atoms. The Balaban J connectivity index is 2.13. The van der Waals surface area contributed by atoms with Gasteiger partial charge in [0.2, 0.25) is 11.7 Å². The predicted molar refractivity (Wildman–Crippen MR) is 74.1 cm³/mol. The molecule has 0 bridgehead atoms. The van der Waals surface area contributed by atoms with Crippen molar-refractivity contribution in [1.82, 2.24) is 5.32 Å². The number of methoxy groups -OCH3 is 3. The number of ether oxygens (including phenoxy) is 3. The van der Waals surface area contributed by atoms with E-state index in [1.54, 1.807) is 33.5 Å². The highest BCUT2D eigenvalue weighted by Crippen LogP contribution is 2.38. The summed E-state index contributed by atoms with van der Waals surface area (Å²) in [4.78, 5) is 11.8. The van der Waals surface area contributed by atoms with Gasteiger partial charge in [-0.15, -0.1) is 0 Å². The Labute approximate surface area is 118 Å². The lowest BCUT2D eigenvalue weighted by atomic mass is 10.1. The Hall–Kier alpha value is -1.95. The zero-order valence-corrected chi connectivity index (χ0v) is 12.0. The number of carbonyl (C=O) groups excluding carboxylic acids is 1. The molecule has 110 valence electrons. The summed E-state index contributed by atoms with van der Waals surface area (Å²) in [5, 5.41) is 2.83. The molecule has 6 nitrogen and oxygen atoms in total. The maximum Gasteiger partial charge on any atom is 0.240 e. The van der Waals surface area contributed by atoms with Crippen molar-refractivity contribution >= 4 is 5.91 Å². The second kappa shape index (κ2) is 5.58. The monoisotopic (exact) mass is 280 g/mol. The highest BCUT2D eigenvalue weighted by molar-refractivity contribution is 5.88.